The van der Waals surface area contributed by atoms with Crippen molar-refractivity contribution >= 4 is 5.91 Å². The Balaban J connectivity index is 2.08. The minimum atomic E-state index is -0.0963. The molecule has 0 aliphatic carbocycles. The first kappa shape index (κ1) is 14.0. The topological polar surface area (TPSA) is 87.9 Å². The molecular weight excluding hydrogens is 242 g/mol. The van der Waals surface area contributed by atoms with E-state index in [9.17, 15) is 4.79 Å². The molecule has 1 aromatic rings. The van der Waals surface area contributed by atoms with Gasteiger partial charge in [0.25, 0.3) is 5.91 Å². The van der Waals surface area contributed by atoms with E-state index in [4.69, 9.17) is 5.73 Å². The Hall–Kier alpha value is -1.43. The number of rotatable bonds is 4. The van der Waals surface area contributed by atoms with Crippen molar-refractivity contribution in [1.29, 1.82) is 0 Å². The van der Waals surface area contributed by atoms with Crippen LogP contribution >= 0.6 is 0 Å². The van der Waals surface area contributed by atoms with Crippen LogP contribution in [0.4, 0.5) is 0 Å². The van der Waals surface area contributed by atoms with Gasteiger partial charge in [0.15, 0.2) is 0 Å². The summed E-state index contributed by atoms with van der Waals surface area (Å²) in [6, 6.07) is 0.115. The van der Waals surface area contributed by atoms with Crippen LogP contribution in [0.25, 0.3) is 0 Å². The Morgan fingerprint density at radius 2 is 2.37 bits per heavy atom. The van der Waals surface area contributed by atoms with E-state index in [1.807, 2.05) is 4.90 Å². The summed E-state index contributed by atoms with van der Waals surface area (Å²) in [7, 11) is 0. The second-order valence-corrected chi connectivity index (χ2v) is 5.37. The van der Waals surface area contributed by atoms with Crippen LogP contribution < -0.4 is 5.73 Å². The number of carbonyl (C=O) groups is 1. The number of nitrogens with two attached hydrogens (primary N) is 1. The maximum absolute atomic E-state index is 12.4. The SMILES string of the molecule is CCCc1nc(C(=O)N2CCC(C)CC2CN)n[nH]1. The summed E-state index contributed by atoms with van der Waals surface area (Å²) in [6.07, 6.45) is 3.79. The van der Waals surface area contributed by atoms with Crippen molar-refractivity contribution in [1.82, 2.24) is 20.1 Å². The molecule has 0 bridgehead atoms. The number of hydrogen-bond acceptors (Lipinski definition) is 4. The average Bonchev–Trinajstić information content (AvgIpc) is 2.87. The molecular formula is C13H23N5O. The van der Waals surface area contributed by atoms with Gasteiger partial charge < -0.3 is 10.6 Å². The van der Waals surface area contributed by atoms with Crippen molar-refractivity contribution in [2.45, 2.75) is 45.6 Å². The molecule has 1 fully saturated rings. The number of nitrogens with zero attached hydrogens (tertiary/aromatic N) is 3. The summed E-state index contributed by atoms with van der Waals surface area (Å²) in [5, 5.41) is 6.86. The highest BCUT2D eigenvalue weighted by molar-refractivity contribution is 5.90. The van der Waals surface area contributed by atoms with Gasteiger partial charge >= 0.3 is 0 Å². The fraction of sp³-hybridized carbons (Fsp3) is 0.769. The van der Waals surface area contributed by atoms with Crippen molar-refractivity contribution in [3.8, 4) is 0 Å². The maximum Gasteiger partial charge on any atom is 0.293 e. The van der Waals surface area contributed by atoms with E-state index in [1.54, 1.807) is 0 Å². The molecule has 2 unspecified atom stereocenters. The van der Waals surface area contributed by atoms with Crippen LogP contribution in [0, 0.1) is 5.92 Å². The van der Waals surface area contributed by atoms with Crippen LogP contribution in [0.5, 0.6) is 0 Å². The number of hydrogen-bond donors (Lipinski definition) is 2. The van der Waals surface area contributed by atoms with Gasteiger partial charge in [-0.05, 0) is 25.2 Å². The summed E-state index contributed by atoms with van der Waals surface area (Å²) in [4.78, 5) is 18.5. The van der Waals surface area contributed by atoms with E-state index in [0.29, 0.717) is 12.5 Å². The molecule has 1 amide bonds. The van der Waals surface area contributed by atoms with Crippen LogP contribution in [0.1, 0.15) is 49.6 Å². The molecule has 6 nitrogen and oxygen atoms in total. The molecule has 0 radical (unpaired) electrons. The Morgan fingerprint density at radius 1 is 1.58 bits per heavy atom. The van der Waals surface area contributed by atoms with Crippen LogP contribution in [-0.2, 0) is 6.42 Å². The number of likely N-dealkylation sites (tertiary alicyclic amines) is 1. The molecule has 2 rings (SSSR count). The Morgan fingerprint density at radius 3 is 3.05 bits per heavy atom. The average molecular weight is 265 g/mol. The third-order valence-electron chi connectivity index (χ3n) is 3.72. The van der Waals surface area contributed by atoms with E-state index in [1.165, 1.54) is 0 Å². The first-order valence-corrected chi connectivity index (χ1v) is 7.08. The lowest BCUT2D eigenvalue weighted by Gasteiger charge is -2.37. The molecule has 1 aliphatic heterocycles. The fourth-order valence-corrected chi connectivity index (χ4v) is 2.61. The third-order valence-corrected chi connectivity index (χ3v) is 3.72. The molecule has 2 heterocycles. The van der Waals surface area contributed by atoms with Crippen molar-refractivity contribution < 1.29 is 4.79 Å². The molecule has 106 valence electrons. The van der Waals surface area contributed by atoms with Gasteiger partial charge in [-0.1, -0.05) is 13.8 Å². The Labute approximate surface area is 113 Å². The van der Waals surface area contributed by atoms with Crippen molar-refractivity contribution in [2.75, 3.05) is 13.1 Å². The zero-order valence-corrected chi connectivity index (χ0v) is 11.7. The minimum absolute atomic E-state index is 0.0963. The molecule has 0 aromatic carbocycles. The van der Waals surface area contributed by atoms with Gasteiger partial charge in [-0.3, -0.25) is 9.89 Å². The van der Waals surface area contributed by atoms with Crippen LogP contribution in [0.15, 0.2) is 0 Å². The second kappa shape index (κ2) is 6.14. The first-order chi connectivity index (χ1) is 9.15. The summed E-state index contributed by atoms with van der Waals surface area (Å²) in [5.74, 6) is 1.58. The number of H-pyrrole nitrogens is 1. The summed E-state index contributed by atoms with van der Waals surface area (Å²) < 4.78 is 0. The number of amides is 1. The zero-order chi connectivity index (χ0) is 13.8. The minimum Gasteiger partial charge on any atom is -0.332 e. The highest BCUT2D eigenvalue weighted by Gasteiger charge is 2.31. The molecule has 2 atom stereocenters. The van der Waals surface area contributed by atoms with Crippen molar-refractivity contribution in [3.05, 3.63) is 11.6 Å². The molecule has 1 aromatic heterocycles. The highest BCUT2D eigenvalue weighted by Crippen LogP contribution is 2.22. The summed E-state index contributed by atoms with van der Waals surface area (Å²) >= 11 is 0. The van der Waals surface area contributed by atoms with Crippen molar-refractivity contribution in [2.24, 2.45) is 11.7 Å². The summed E-state index contributed by atoms with van der Waals surface area (Å²) in [6.45, 7) is 5.53. The first-order valence-electron chi connectivity index (χ1n) is 7.08. The molecule has 19 heavy (non-hydrogen) atoms. The largest absolute Gasteiger partial charge is 0.332 e. The lowest BCUT2D eigenvalue weighted by molar-refractivity contribution is 0.0561. The molecule has 0 spiro atoms. The van der Waals surface area contributed by atoms with Gasteiger partial charge in [0.1, 0.15) is 5.82 Å². The zero-order valence-electron chi connectivity index (χ0n) is 11.7. The number of carbonyl (C=O) groups excluding carboxylic acids is 1. The van der Waals surface area contributed by atoms with Gasteiger partial charge in [0.2, 0.25) is 5.82 Å². The summed E-state index contributed by atoms with van der Waals surface area (Å²) in [5.41, 5.74) is 5.78. The number of nitrogens with one attached hydrogen (secondary N) is 1. The van der Waals surface area contributed by atoms with Crippen molar-refractivity contribution in [3.63, 3.8) is 0 Å². The lowest BCUT2D eigenvalue weighted by atomic mass is 9.92. The van der Waals surface area contributed by atoms with E-state index in [-0.39, 0.29) is 17.8 Å². The quantitative estimate of drug-likeness (QED) is 0.848. The van der Waals surface area contributed by atoms with E-state index < -0.39 is 0 Å². The normalized spacial score (nSPS) is 23.6. The predicted molar refractivity (Wildman–Crippen MR) is 72.7 cm³/mol. The Bertz CT molecular complexity index is 430. The number of piperidine rings is 1. The smallest absolute Gasteiger partial charge is 0.293 e. The molecule has 1 saturated heterocycles. The van der Waals surface area contributed by atoms with Gasteiger partial charge in [0.05, 0.1) is 0 Å². The molecule has 0 saturated carbocycles. The third kappa shape index (κ3) is 3.12. The molecule has 1 aliphatic rings. The maximum atomic E-state index is 12.4. The van der Waals surface area contributed by atoms with Crippen LogP contribution in [0.3, 0.4) is 0 Å². The fourth-order valence-electron chi connectivity index (χ4n) is 2.61. The number of aromatic amines is 1. The van der Waals surface area contributed by atoms with Gasteiger partial charge in [-0.25, -0.2) is 4.98 Å². The predicted octanol–water partition coefficient (Wildman–Crippen LogP) is 0.957. The monoisotopic (exact) mass is 265 g/mol. The molecule has 6 heteroatoms. The highest BCUT2D eigenvalue weighted by atomic mass is 16.2. The Kier molecular flexibility index (Phi) is 4.52. The van der Waals surface area contributed by atoms with Gasteiger partial charge in [0, 0.05) is 25.6 Å². The van der Waals surface area contributed by atoms with E-state index >= 15 is 0 Å². The standard InChI is InChI=1S/C13H23N5O/c1-3-4-11-15-12(17-16-11)13(19)18-6-5-9(2)7-10(18)8-14/h9-10H,3-8,14H2,1-2H3,(H,15,16,17). The van der Waals surface area contributed by atoms with E-state index in [0.717, 1.165) is 38.1 Å². The second-order valence-electron chi connectivity index (χ2n) is 5.37. The molecule has 3 N–H and O–H groups in total. The van der Waals surface area contributed by atoms with Gasteiger partial charge in [-0.2, -0.15) is 0 Å². The number of aryl methyl sites for hydroxylation is 1. The van der Waals surface area contributed by atoms with Crippen LogP contribution in [-0.4, -0.2) is 45.1 Å². The number of aromatic nitrogens is 3. The van der Waals surface area contributed by atoms with E-state index in [2.05, 4.69) is 29.0 Å². The van der Waals surface area contributed by atoms with Gasteiger partial charge in [-0.15, -0.1) is 5.10 Å². The van der Waals surface area contributed by atoms with Crippen LogP contribution in [0.2, 0.25) is 0 Å². The lowest BCUT2D eigenvalue weighted by Crippen LogP contribution is -2.49.